The summed E-state index contributed by atoms with van der Waals surface area (Å²) in [5.74, 6) is 2.37. The molecule has 0 unspecified atom stereocenters. The Hall–Kier alpha value is -1.99. The van der Waals surface area contributed by atoms with Crippen molar-refractivity contribution in [1.82, 2.24) is 10.1 Å². The Balaban J connectivity index is 1.48. The van der Waals surface area contributed by atoms with Gasteiger partial charge in [0.25, 0.3) is 0 Å². The summed E-state index contributed by atoms with van der Waals surface area (Å²) in [6.07, 6.45) is 0. The van der Waals surface area contributed by atoms with E-state index in [0.717, 1.165) is 11.3 Å². The second kappa shape index (κ2) is 7.33. The third-order valence-corrected chi connectivity index (χ3v) is 4.73. The van der Waals surface area contributed by atoms with Gasteiger partial charge < -0.3 is 9.26 Å². The van der Waals surface area contributed by atoms with Crippen LogP contribution in [0, 0.1) is 0 Å². The number of rotatable bonds is 7. The number of ether oxygens (including phenoxy) is 1. The monoisotopic (exact) mass is 334 g/mol. The maximum Gasteiger partial charge on any atom is 0.239 e. The number of para-hydroxylation sites is 1. The van der Waals surface area contributed by atoms with Crippen LogP contribution in [0.5, 0.6) is 5.75 Å². The van der Waals surface area contributed by atoms with Gasteiger partial charge in [-0.3, -0.25) is 4.21 Å². The molecule has 0 amide bonds. The number of benzene rings is 1. The first kappa shape index (κ1) is 14.9. The van der Waals surface area contributed by atoms with Crippen LogP contribution in [0.15, 0.2) is 51.7 Å². The summed E-state index contributed by atoms with van der Waals surface area (Å²) in [6, 6.07) is 11.4. The molecule has 0 spiro atoms. The van der Waals surface area contributed by atoms with E-state index in [0.29, 0.717) is 24.1 Å². The highest BCUT2D eigenvalue weighted by atomic mass is 32.2. The van der Waals surface area contributed by atoms with Crippen LogP contribution in [0.2, 0.25) is 0 Å². The molecule has 0 bridgehead atoms. The number of aromatic nitrogens is 2. The Morgan fingerprint density at radius 1 is 1.23 bits per heavy atom. The van der Waals surface area contributed by atoms with Crippen molar-refractivity contribution >= 4 is 22.1 Å². The second-order valence-corrected chi connectivity index (χ2v) is 6.83. The van der Waals surface area contributed by atoms with Gasteiger partial charge in [0.2, 0.25) is 11.7 Å². The quantitative estimate of drug-likeness (QED) is 0.664. The smallest absolute Gasteiger partial charge is 0.239 e. The molecule has 0 aliphatic heterocycles. The molecule has 7 heteroatoms. The largest absolute Gasteiger partial charge is 0.493 e. The zero-order chi connectivity index (χ0) is 15.2. The first-order valence-corrected chi connectivity index (χ1v) is 9.12. The van der Waals surface area contributed by atoms with Crippen LogP contribution < -0.4 is 4.74 Å². The molecular weight excluding hydrogens is 320 g/mol. The topological polar surface area (TPSA) is 65.2 Å². The van der Waals surface area contributed by atoms with Gasteiger partial charge in [-0.25, -0.2) is 0 Å². The lowest BCUT2D eigenvalue weighted by molar-refractivity contribution is 0.342. The molecule has 1 atom stereocenters. The van der Waals surface area contributed by atoms with E-state index in [1.54, 1.807) is 11.3 Å². The fraction of sp³-hybridized carbons (Fsp3) is 0.200. The summed E-state index contributed by atoms with van der Waals surface area (Å²) in [4.78, 5) is 4.25. The molecule has 0 N–H and O–H groups in total. The number of hydrogen-bond donors (Lipinski definition) is 0. The molecule has 3 aromatic rings. The Bertz CT molecular complexity index is 726. The van der Waals surface area contributed by atoms with Crippen molar-refractivity contribution in [2.45, 2.75) is 5.75 Å². The van der Waals surface area contributed by atoms with Crippen molar-refractivity contribution in [3.8, 4) is 17.1 Å². The van der Waals surface area contributed by atoms with Gasteiger partial charge in [0.1, 0.15) is 11.5 Å². The van der Waals surface area contributed by atoms with Crippen LogP contribution in [0.3, 0.4) is 0 Å². The lowest BCUT2D eigenvalue weighted by atomic mass is 10.3. The van der Waals surface area contributed by atoms with Gasteiger partial charge in [0, 0.05) is 21.7 Å². The first-order chi connectivity index (χ1) is 10.8. The van der Waals surface area contributed by atoms with E-state index in [9.17, 15) is 4.21 Å². The van der Waals surface area contributed by atoms with Crippen molar-refractivity contribution in [2.75, 3.05) is 12.4 Å². The third kappa shape index (κ3) is 4.02. The molecule has 0 radical (unpaired) electrons. The van der Waals surface area contributed by atoms with Gasteiger partial charge in [0.15, 0.2) is 0 Å². The van der Waals surface area contributed by atoms with Crippen LogP contribution in [0.25, 0.3) is 11.4 Å². The van der Waals surface area contributed by atoms with Gasteiger partial charge in [0.05, 0.1) is 12.4 Å². The van der Waals surface area contributed by atoms with Crippen molar-refractivity contribution in [1.29, 1.82) is 0 Å². The van der Waals surface area contributed by atoms with Crippen LogP contribution in [0.4, 0.5) is 0 Å². The molecular formula is C15H14N2O3S2. The Morgan fingerprint density at radius 2 is 2.09 bits per heavy atom. The number of nitrogens with zero attached hydrogens (tertiary/aromatic N) is 2. The molecule has 0 saturated heterocycles. The standard InChI is InChI=1S/C15H14N2O3S2/c18-22(9-7-19-13-4-2-1-3-5-13)11-14-16-15(17-20-14)12-6-8-21-10-12/h1-6,8,10H,7,9,11H2/t22-/m0/s1. The van der Waals surface area contributed by atoms with E-state index < -0.39 is 10.8 Å². The first-order valence-electron chi connectivity index (χ1n) is 6.69. The van der Waals surface area contributed by atoms with Gasteiger partial charge in [-0.15, -0.1) is 0 Å². The minimum Gasteiger partial charge on any atom is -0.493 e. The van der Waals surface area contributed by atoms with Crippen molar-refractivity contribution in [3.63, 3.8) is 0 Å². The average Bonchev–Trinajstić information content (AvgIpc) is 3.19. The van der Waals surface area contributed by atoms with Crippen molar-refractivity contribution in [2.24, 2.45) is 0 Å². The maximum absolute atomic E-state index is 12.0. The minimum absolute atomic E-state index is 0.245. The van der Waals surface area contributed by atoms with E-state index >= 15 is 0 Å². The molecule has 2 aromatic heterocycles. The molecule has 2 heterocycles. The van der Waals surface area contributed by atoms with E-state index in [2.05, 4.69) is 10.1 Å². The fourth-order valence-corrected chi connectivity index (χ4v) is 3.24. The zero-order valence-electron chi connectivity index (χ0n) is 11.7. The van der Waals surface area contributed by atoms with Crippen LogP contribution >= 0.6 is 11.3 Å². The van der Waals surface area contributed by atoms with Gasteiger partial charge in [-0.05, 0) is 23.6 Å². The Labute approximate surface area is 134 Å². The Morgan fingerprint density at radius 3 is 2.86 bits per heavy atom. The highest BCUT2D eigenvalue weighted by Gasteiger charge is 2.12. The molecule has 114 valence electrons. The molecule has 0 aliphatic carbocycles. The van der Waals surface area contributed by atoms with Crippen molar-refractivity contribution in [3.05, 3.63) is 53.0 Å². The minimum atomic E-state index is -1.10. The molecule has 22 heavy (non-hydrogen) atoms. The molecule has 1 aromatic carbocycles. The second-order valence-electron chi connectivity index (χ2n) is 4.47. The fourth-order valence-electron chi connectivity index (χ4n) is 1.80. The number of thiophene rings is 1. The summed E-state index contributed by atoms with van der Waals surface area (Å²) in [7, 11) is -1.10. The van der Waals surface area contributed by atoms with Crippen LogP contribution in [-0.2, 0) is 16.6 Å². The molecule has 0 fully saturated rings. The summed E-state index contributed by atoms with van der Waals surface area (Å²) in [5.41, 5.74) is 0.915. The van der Waals surface area contributed by atoms with Gasteiger partial charge in [-0.2, -0.15) is 16.3 Å². The predicted octanol–water partition coefficient (Wildman–Crippen LogP) is 3.13. The van der Waals surface area contributed by atoms with Gasteiger partial charge >= 0.3 is 0 Å². The van der Waals surface area contributed by atoms with Crippen LogP contribution in [-0.4, -0.2) is 26.7 Å². The lowest BCUT2D eigenvalue weighted by Gasteiger charge is -2.04. The zero-order valence-corrected chi connectivity index (χ0v) is 13.3. The van der Waals surface area contributed by atoms with E-state index in [4.69, 9.17) is 9.26 Å². The van der Waals surface area contributed by atoms with Crippen LogP contribution in [0.1, 0.15) is 5.89 Å². The van der Waals surface area contributed by atoms with E-state index in [-0.39, 0.29) is 5.75 Å². The summed E-state index contributed by atoms with van der Waals surface area (Å²) >= 11 is 1.57. The normalized spacial score (nSPS) is 12.2. The highest BCUT2D eigenvalue weighted by Crippen LogP contribution is 2.19. The molecule has 5 nitrogen and oxygen atoms in total. The Kier molecular flexibility index (Phi) is 4.97. The predicted molar refractivity (Wildman–Crippen MR) is 86.3 cm³/mol. The lowest BCUT2D eigenvalue weighted by Crippen LogP contribution is -2.10. The third-order valence-electron chi connectivity index (χ3n) is 2.85. The number of hydrogen-bond acceptors (Lipinski definition) is 6. The summed E-state index contributed by atoms with van der Waals surface area (Å²) < 4.78 is 22.7. The van der Waals surface area contributed by atoms with Crippen molar-refractivity contribution < 1.29 is 13.5 Å². The van der Waals surface area contributed by atoms with E-state index in [1.807, 2.05) is 47.2 Å². The molecule has 3 rings (SSSR count). The maximum atomic E-state index is 12.0. The average molecular weight is 334 g/mol. The SMILES string of the molecule is O=[S@@](CCOc1ccccc1)Cc1nc(-c2ccsc2)no1. The van der Waals surface area contributed by atoms with Gasteiger partial charge in [-0.1, -0.05) is 23.4 Å². The van der Waals surface area contributed by atoms with E-state index in [1.165, 1.54) is 0 Å². The molecule has 0 saturated carbocycles. The summed E-state index contributed by atoms with van der Waals surface area (Å²) in [6.45, 7) is 0.391. The highest BCUT2D eigenvalue weighted by molar-refractivity contribution is 7.84. The summed E-state index contributed by atoms with van der Waals surface area (Å²) in [5, 5.41) is 7.79. The molecule has 0 aliphatic rings.